The van der Waals surface area contributed by atoms with E-state index in [0.29, 0.717) is 5.46 Å². The second-order valence-corrected chi connectivity index (χ2v) is 6.00. The van der Waals surface area contributed by atoms with Gasteiger partial charge < -0.3 is 14.8 Å². The molecule has 2 heterocycles. The van der Waals surface area contributed by atoms with Crippen LogP contribution in [0.5, 0.6) is 0 Å². The highest BCUT2D eigenvalue weighted by atomic mass is 16.5. The number of fused-ring (bicyclic) bond motifs is 2. The summed E-state index contributed by atoms with van der Waals surface area (Å²) < 4.78 is 7.74. The van der Waals surface area contributed by atoms with Crippen LogP contribution in [0, 0.1) is 0 Å². The minimum absolute atomic E-state index is 0.0283. The van der Waals surface area contributed by atoms with Gasteiger partial charge in [-0.2, -0.15) is 5.10 Å². The molecule has 1 aromatic heterocycles. The molecular weight excluding hydrogens is 267 g/mol. The first-order valence-corrected chi connectivity index (χ1v) is 7.75. The van der Waals surface area contributed by atoms with Crippen molar-refractivity contribution in [1.82, 2.24) is 9.78 Å². The number of nitrogens with zero attached hydrogens (tertiary/aromatic N) is 2. The van der Waals surface area contributed by atoms with Gasteiger partial charge in [0.1, 0.15) is 0 Å². The number of rotatable bonds is 2. The van der Waals surface area contributed by atoms with Crippen LogP contribution >= 0.6 is 0 Å². The molecule has 2 N–H and O–H groups in total. The Morgan fingerprint density at radius 1 is 1.24 bits per heavy atom. The molecule has 1 aromatic carbocycles. The average molecular weight is 286 g/mol. The van der Waals surface area contributed by atoms with E-state index < -0.39 is 7.12 Å². The Kier molecular flexibility index (Phi) is 3.25. The van der Waals surface area contributed by atoms with Crippen molar-refractivity contribution in [3.63, 3.8) is 0 Å². The Bertz CT molecular complexity index is 677. The molecule has 0 spiro atoms. The van der Waals surface area contributed by atoms with Gasteiger partial charge in [0.25, 0.3) is 0 Å². The zero-order valence-electron chi connectivity index (χ0n) is 12.0. The fourth-order valence-electron chi connectivity index (χ4n) is 3.73. The topological polar surface area (TPSA) is 67.5 Å². The summed E-state index contributed by atoms with van der Waals surface area (Å²) in [7, 11) is -1.44. The number of aromatic nitrogens is 2. The molecule has 2 aromatic rings. The maximum atomic E-state index is 9.79. The molecule has 1 unspecified atom stereocenters. The summed E-state index contributed by atoms with van der Waals surface area (Å²) in [5, 5.41) is 24.9. The Hall–Kier alpha value is -1.37. The Labute approximate surface area is 123 Å². The summed E-state index contributed by atoms with van der Waals surface area (Å²) in [6.45, 7) is 0.770. The molecule has 6 heteroatoms. The molecule has 110 valence electrons. The van der Waals surface area contributed by atoms with Crippen LogP contribution in [0.4, 0.5) is 0 Å². The van der Waals surface area contributed by atoms with Gasteiger partial charge in [0, 0.05) is 12.0 Å². The molecule has 1 aliphatic heterocycles. The zero-order valence-corrected chi connectivity index (χ0v) is 12.0. The molecule has 1 atom stereocenters. The van der Waals surface area contributed by atoms with E-state index in [4.69, 9.17) is 4.74 Å². The van der Waals surface area contributed by atoms with Gasteiger partial charge in [-0.15, -0.1) is 0 Å². The lowest BCUT2D eigenvalue weighted by Gasteiger charge is -2.23. The van der Waals surface area contributed by atoms with E-state index in [2.05, 4.69) is 11.2 Å². The van der Waals surface area contributed by atoms with Crippen LogP contribution in [0.2, 0.25) is 0 Å². The third kappa shape index (κ3) is 2.09. The minimum atomic E-state index is -1.44. The second kappa shape index (κ2) is 5.12. The smallest absolute Gasteiger partial charge is 0.423 e. The highest BCUT2D eigenvalue weighted by Gasteiger charge is 2.28. The van der Waals surface area contributed by atoms with Gasteiger partial charge in [-0.25, -0.2) is 4.68 Å². The lowest BCUT2D eigenvalue weighted by atomic mass is 9.74. The van der Waals surface area contributed by atoms with Crippen molar-refractivity contribution in [2.24, 2.45) is 0 Å². The van der Waals surface area contributed by atoms with Crippen molar-refractivity contribution in [3.8, 4) is 0 Å². The van der Waals surface area contributed by atoms with E-state index in [9.17, 15) is 10.0 Å². The van der Waals surface area contributed by atoms with E-state index >= 15 is 0 Å². The van der Waals surface area contributed by atoms with Crippen molar-refractivity contribution in [3.05, 3.63) is 23.4 Å². The number of hydrogen-bond acceptors (Lipinski definition) is 4. The van der Waals surface area contributed by atoms with Crippen molar-refractivity contribution >= 4 is 23.5 Å². The van der Waals surface area contributed by atoms with Gasteiger partial charge in [-0.1, -0.05) is 0 Å². The lowest BCUT2D eigenvalue weighted by Crippen LogP contribution is -2.34. The quantitative estimate of drug-likeness (QED) is 0.805. The third-order valence-corrected chi connectivity index (χ3v) is 4.71. The zero-order chi connectivity index (χ0) is 14.4. The summed E-state index contributed by atoms with van der Waals surface area (Å²) in [4.78, 5) is 0. The number of aryl methyl sites for hydroxylation is 1. The second-order valence-electron chi connectivity index (χ2n) is 6.00. The molecule has 0 radical (unpaired) electrons. The van der Waals surface area contributed by atoms with Gasteiger partial charge in [0.15, 0.2) is 6.23 Å². The molecule has 5 nitrogen and oxygen atoms in total. The van der Waals surface area contributed by atoms with Crippen LogP contribution in [0.3, 0.4) is 0 Å². The third-order valence-electron chi connectivity index (χ3n) is 4.71. The number of benzene rings is 1. The maximum absolute atomic E-state index is 9.79. The number of hydrogen-bond donors (Lipinski definition) is 2. The van der Waals surface area contributed by atoms with Gasteiger partial charge in [-0.05, 0) is 61.2 Å². The standard InChI is InChI=1S/C15H19BN2O3/c19-16(20)15-11-5-3-4-10(11)8-13-12(15)9-17-18(13)14-6-1-2-7-21-14/h8-9,14,19-20H,1-7H2. The van der Waals surface area contributed by atoms with E-state index in [1.54, 1.807) is 6.20 Å². The van der Waals surface area contributed by atoms with Crippen molar-refractivity contribution in [2.75, 3.05) is 6.61 Å². The normalized spacial score (nSPS) is 21.7. The predicted octanol–water partition coefficient (Wildman–Crippen LogP) is 0.904. The molecule has 1 fully saturated rings. The molecule has 0 bridgehead atoms. The maximum Gasteiger partial charge on any atom is 0.489 e. The largest absolute Gasteiger partial charge is 0.489 e. The Balaban J connectivity index is 1.89. The van der Waals surface area contributed by atoms with Crippen molar-refractivity contribution < 1.29 is 14.8 Å². The van der Waals surface area contributed by atoms with Crippen molar-refractivity contribution in [2.45, 2.75) is 44.8 Å². The fraction of sp³-hybridized carbons (Fsp3) is 0.533. The molecule has 0 amide bonds. The van der Waals surface area contributed by atoms with E-state index in [1.165, 1.54) is 5.56 Å². The van der Waals surface area contributed by atoms with Gasteiger partial charge in [0.2, 0.25) is 0 Å². The number of ether oxygens (including phenoxy) is 1. The average Bonchev–Trinajstić information content (AvgIpc) is 3.11. The van der Waals surface area contributed by atoms with E-state index in [-0.39, 0.29) is 6.23 Å². The van der Waals surface area contributed by atoms with Gasteiger partial charge in [0.05, 0.1) is 11.7 Å². The van der Waals surface area contributed by atoms with Crippen LogP contribution in [0.25, 0.3) is 10.9 Å². The molecule has 0 saturated carbocycles. The molecule has 21 heavy (non-hydrogen) atoms. The fourth-order valence-corrected chi connectivity index (χ4v) is 3.73. The molecule has 2 aliphatic rings. The first-order chi connectivity index (χ1) is 10.3. The van der Waals surface area contributed by atoms with Crippen molar-refractivity contribution in [1.29, 1.82) is 0 Å². The van der Waals surface area contributed by atoms with E-state index in [1.807, 2.05) is 4.68 Å². The Morgan fingerprint density at radius 2 is 2.14 bits per heavy atom. The van der Waals surface area contributed by atoms with Crippen LogP contribution in [0.15, 0.2) is 12.3 Å². The summed E-state index contributed by atoms with van der Waals surface area (Å²) in [5.74, 6) is 0. The first-order valence-electron chi connectivity index (χ1n) is 7.75. The summed E-state index contributed by atoms with van der Waals surface area (Å²) in [6, 6.07) is 2.16. The monoisotopic (exact) mass is 286 g/mol. The molecule has 1 saturated heterocycles. The molecule has 1 aliphatic carbocycles. The van der Waals surface area contributed by atoms with Crippen LogP contribution in [0.1, 0.15) is 43.0 Å². The lowest BCUT2D eigenvalue weighted by molar-refractivity contribution is -0.0366. The van der Waals surface area contributed by atoms with Crippen LogP contribution < -0.4 is 5.46 Å². The highest BCUT2D eigenvalue weighted by Crippen LogP contribution is 2.30. The highest BCUT2D eigenvalue weighted by molar-refractivity contribution is 6.62. The van der Waals surface area contributed by atoms with Gasteiger partial charge >= 0.3 is 7.12 Å². The van der Waals surface area contributed by atoms with Gasteiger partial charge in [-0.3, -0.25) is 0 Å². The SMILES string of the molecule is OB(O)c1c2c(cc3c1cnn3C1CCCCO1)CCC2. The summed E-state index contributed by atoms with van der Waals surface area (Å²) in [5.41, 5.74) is 3.93. The minimum Gasteiger partial charge on any atom is -0.423 e. The van der Waals surface area contributed by atoms with Crippen LogP contribution in [-0.2, 0) is 17.6 Å². The predicted molar refractivity (Wildman–Crippen MR) is 80.4 cm³/mol. The molecule has 4 rings (SSSR count). The summed E-state index contributed by atoms with van der Waals surface area (Å²) in [6.07, 6.45) is 7.93. The Morgan fingerprint density at radius 3 is 2.90 bits per heavy atom. The molecular formula is C15H19BN2O3. The summed E-state index contributed by atoms with van der Waals surface area (Å²) >= 11 is 0. The first kappa shape index (κ1) is 13.3. The van der Waals surface area contributed by atoms with Crippen LogP contribution in [-0.4, -0.2) is 33.6 Å². The van der Waals surface area contributed by atoms with E-state index in [0.717, 1.165) is 61.6 Å².